The van der Waals surface area contributed by atoms with E-state index < -0.39 is 0 Å². The molecular formula is C19H16BrNO2. The Labute approximate surface area is 143 Å². The van der Waals surface area contributed by atoms with Gasteiger partial charge in [-0.3, -0.25) is 14.5 Å². The molecule has 2 amide bonds. The third-order valence-electron chi connectivity index (χ3n) is 5.11. The third kappa shape index (κ3) is 2.24. The van der Waals surface area contributed by atoms with Gasteiger partial charge >= 0.3 is 0 Å². The lowest BCUT2D eigenvalue weighted by molar-refractivity contribution is 0.0565. The number of amides is 2. The van der Waals surface area contributed by atoms with Gasteiger partial charge in [0.2, 0.25) is 0 Å². The monoisotopic (exact) mass is 369 g/mol. The fourth-order valence-electron chi connectivity index (χ4n) is 3.63. The van der Waals surface area contributed by atoms with Crippen molar-refractivity contribution in [2.24, 2.45) is 0 Å². The molecule has 1 heterocycles. The minimum atomic E-state index is -0.158. The number of fused-ring (bicyclic) bond motifs is 1. The van der Waals surface area contributed by atoms with Gasteiger partial charge in [-0.15, -0.1) is 0 Å². The highest BCUT2D eigenvalue weighted by Gasteiger charge is 2.45. The molecular weight excluding hydrogens is 354 g/mol. The molecule has 0 aromatic heterocycles. The first-order valence-corrected chi connectivity index (χ1v) is 8.61. The van der Waals surface area contributed by atoms with Crippen LogP contribution in [0.3, 0.4) is 0 Å². The van der Waals surface area contributed by atoms with E-state index in [1.54, 1.807) is 24.3 Å². The van der Waals surface area contributed by atoms with Gasteiger partial charge in [-0.1, -0.05) is 46.6 Å². The largest absolute Gasteiger partial charge is 0.273 e. The highest BCUT2D eigenvalue weighted by atomic mass is 79.9. The van der Waals surface area contributed by atoms with E-state index in [4.69, 9.17) is 0 Å². The van der Waals surface area contributed by atoms with Gasteiger partial charge in [-0.25, -0.2) is 0 Å². The van der Waals surface area contributed by atoms with Crippen LogP contribution in [0.2, 0.25) is 0 Å². The zero-order chi connectivity index (χ0) is 16.0. The zero-order valence-corrected chi connectivity index (χ0v) is 14.2. The molecule has 2 aromatic carbocycles. The number of hydrogen-bond donors (Lipinski definition) is 0. The Morgan fingerprint density at radius 2 is 1.48 bits per heavy atom. The molecule has 1 aliphatic carbocycles. The van der Waals surface area contributed by atoms with Crippen molar-refractivity contribution in [3.63, 3.8) is 0 Å². The maximum atomic E-state index is 12.6. The van der Waals surface area contributed by atoms with Crippen LogP contribution in [-0.2, 0) is 5.41 Å². The number of benzene rings is 2. The number of rotatable bonds is 3. The first-order valence-electron chi connectivity index (χ1n) is 7.82. The average molecular weight is 370 g/mol. The molecule has 4 rings (SSSR count). The second-order valence-electron chi connectivity index (χ2n) is 6.38. The van der Waals surface area contributed by atoms with Crippen LogP contribution in [0.15, 0.2) is 53.0 Å². The Kier molecular flexibility index (Phi) is 3.38. The maximum absolute atomic E-state index is 12.6. The molecule has 23 heavy (non-hydrogen) atoms. The molecule has 4 heteroatoms. The van der Waals surface area contributed by atoms with Crippen molar-refractivity contribution < 1.29 is 9.59 Å². The molecule has 0 radical (unpaired) electrons. The molecule has 3 nitrogen and oxygen atoms in total. The number of hydrogen-bond acceptors (Lipinski definition) is 2. The van der Waals surface area contributed by atoms with Gasteiger partial charge in [0.1, 0.15) is 0 Å². The molecule has 0 bridgehead atoms. The summed E-state index contributed by atoms with van der Waals surface area (Å²) in [6, 6.07) is 15.3. The summed E-state index contributed by atoms with van der Waals surface area (Å²) in [5.74, 6) is -0.317. The number of carbonyl (C=O) groups is 2. The van der Waals surface area contributed by atoms with Gasteiger partial charge < -0.3 is 0 Å². The Hall–Kier alpha value is -1.94. The average Bonchev–Trinajstić information content (AvgIpc) is 2.77. The van der Waals surface area contributed by atoms with Crippen LogP contribution in [0.4, 0.5) is 0 Å². The standard InChI is InChI=1S/C19H16BrNO2/c20-14-8-6-13(7-9-14)19(10-3-11-19)12-21-17(22)15-4-1-2-5-16(15)18(21)23/h1-2,4-9H,3,10-12H2. The van der Waals surface area contributed by atoms with E-state index in [1.807, 2.05) is 12.1 Å². The molecule has 2 aromatic rings. The van der Waals surface area contributed by atoms with Crippen LogP contribution < -0.4 is 0 Å². The minimum Gasteiger partial charge on any atom is -0.273 e. The van der Waals surface area contributed by atoms with Crippen LogP contribution >= 0.6 is 15.9 Å². The van der Waals surface area contributed by atoms with Crippen molar-refractivity contribution in [3.05, 3.63) is 69.7 Å². The molecule has 116 valence electrons. The van der Waals surface area contributed by atoms with E-state index in [9.17, 15) is 9.59 Å². The van der Waals surface area contributed by atoms with Crippen LogP contribution in [0.5, 0.6) is 0 Å². The summed E-state index contributed by atoms with van der Waals surface area (Å²) in [5, 5.41) is 0. The highest BCUT2D eigenvalue weighted by molar-refractivity contribution is 9.10. The van der Waals surface area contributed by atoms with Crippen molar-refractivity contribution >= 4 is 27.7 Å². The van der Waals surface area contributed by atoms with Crippen LogP contribution in [0.1, 0.15) is 45.5 Å². The zero-order valence-electron chi connectivity index (χ0n) is 12.6. The van der Waals surface area contributed by atoms with Crippen molar-refractivity contribution in [1.29, 1.82) is 0 Å². The van der Waals surface area contributed by atoms with Gasteiger partial charge in [-0.05, 0) is 42.7 Å². The first kappa shape index (κ1) is 14.6. The molecule has 1 fully saturated rings. The van der Waals surface area contributed by atoms with E-state index in [-0.39, 0.29) is 17.2 Å². The summed E-state index contributed by atoms with van der Waals surface area (Å²) in [5.41, 5.74) is 2.18. The van der Waals surface area contributed by atoms with Crippen molar-refractivity contribution in [1.82, 2.24) is 4.90 Å². The Balaban J connectivity index is 1.66. The molecule has 0 N–H and O–H groups in total. The topological polar surface area (TPSA) is 37.4 Å². The summed E-state index contributed by atoms with van der Waals surface area (Å²) in [6.07, 6.45) is 3.17. The normalized spacial score (nSPS) is 18.7. The molecule has 0 unspecified atom stereocenters. The lowest BCUT2D eigenvalue weighted by Crippen LogP contribution is -2.47. The molecule has 1 saturated carbocycles. The third-order valence-corrected chi connectivity index (χ3v) is 5.63. The Morgan fingerprint density at radius 3 is 1.96 bits per heavy atom. The summed E-state index contributed by atoms with van der Waals surface area (Å²) < 4.78 is 1.04. The number of nitrogens with zero attached hydrogens (tertiary/aromatic N) is 1. The lowest BCUT2D eigenvalue weighted by Gasteiger charge is -2.44. The number of imide groups is 1. The van der Waals surface area contributed by atoms with Gasteiger partial charge in [0.15, 0.2) is 0 Å². The van der Waals surface area contributed by atoms with Crippen LogP contribution in [-0.4, -0.2) is 23.3 Å². The minimum absolute atomic E-state index is 0.0892. The van der Waals surface area contributed by atoms with Gasteiger partial charge in [0.05, 0.1) is 11.1 Å². The number of halogens is 1. The second kappa shape index (κ2) is 5.31. The molecule has 0 atom stereocenters. The molecule has 1 aliphatic heterocycles. The maximum Gasteiger partial charge on any atom is 0.261 e. The van der Waals surface area contributed by atoms with Crippen LogP contribution in [0.25, 0.3) is 0 Å². The van der Waals surface area contributed by atoms with Crippen molar-refractivity contribution in [3.8, 4) is 0 Å². The van der Waals surface area contributed by atoms with E-state index in [0.29, 0.717) is 17.7 Å². The first-order chi connectivity index (χ1) is 11.1. The number of carbonyl (C=O) groups excluding carboxylic acids is 2. The van der Waals surface area contributed by atoms with Gasteiger partial charge in [-0.2, -0.15) is 0 Å². The fourth-order valence-corrected chi connectivity index (χ4v) is 3.89. The fraction of sp³-hybridized carbons (Fsp3) is 0.263. The Bertz CT molecular complexity index is 758. The summed E-state index contributed by atoms with van der Waals surface area (Å²) in [6.45, 7) is 0.473. The second-order valence-corrected chi connectivity index (χ2v) is 7.30. The SMILES string of the molecule is O=C1c2ccccc2C(=O)N1CC1(c2ccc(Br)cc2)CCC1. The summed E-state index contributed by atoms with van der Waals surface area (Å²) in [7, 11) is 0. The van der Waals surface area contributed by atoms with E-state index in [1.165, 1.54) is 10.5 Å². The van der Waals surface area contributed by atoms with E-state index >= 15 is 0 Å². The van der Waals surface area contributed by atoms with Crippen molar-refractivity contribution in [2.75, 3.05) is 6.54 Å². The molecule has 0 spiro atoms. The van der Waals surface area contributed by atoms with E-state index in [0.717, 1.165) is 23.7 Å². The highest BCUT2D eigenvalue weighted by Crippen LogP contribution is 2.45. The molecule has 0 saturated heterocycles. The predicted molar refractivity (Wildman–Crippen MR) is 91.5 cm³/mol. The quantitative estimate of drug-likeness (QED) is 0.761. The molecule has 2 aliphatic rings. The summed E-state index contributed by atoms with van der Waals surface area (Å²) >= 11 is 3.46. The van der Waals surface area contributed by atoms with E-state index in [2.05, 4.69) is 28.1 Å². The summed E-state index contributed by atoms with van der Waals surface area (Å²) in [4.78, 5) is 26.7. The van der Waals surface area contributed by atoms with Crippen molar-refractivity contribution in [2.45, 2.75) is 24.7 Å². The predicted octanol–water partition coefficient (Wildman–Crippen LogP) is 4.17. The van der Waals surface area contributed by atoms with Gasteiger partial charge in [0, 0.05) is 16.4 Å². The van der Waals surface area contributed by atoms with Gasteiger partial charge in [0.25, 0.3) is 11.8 Å². The van der Waals surface area contributed by atoms with Crippen LogP contribution in [0, 0.1) is 0 Å². The smallest absolute Gasteiger partial charge is 0.261 e. The Morgan fingerprint density at radius 1 is 0.913 bits per heavy atom. The lowest BCUT2D eigenvalue weighted by atomic mass is 9.64.